The fourth-order valence-electron chi connectivity index (χ4n) is 4.33. The van der Waals surface area contributed by atoms with E-state index in [1.165, 1.54) is 24.3 Å². The number of hydrogen-bond donors (Lipinski definition) is 2. The van der Waals surface area contributed by atoms with Crippen LogP contribution in [0.4, 0.5) is 13.2 Å². The molecule has 2 aromatic carbocycles. The van der Waals surface area contributed by atoms with Gasteiger partial charge >= 0.3 is 6.36 Å². The standard InChI is InChI=1S/C25H29BrF3N3O3/c1-24(2,17-7-11-20(12-8-17)35-25(27,28)29)23(34)32(19-4-3-13-31-15-19)21(22(30)33)14-16-5-9-18(26)10-6-16/h5-12,19,21,31H,3-4,13-15H2,1-2H3,(H2,30,33)/t19-,21+/m1/s1. The topological polar surface area (TPSA) is 84.7 Å². The maximum atomic E-state index is 14.0. The zero-order valence-corrected chi connectivity index (χ0v) is 21.2. The van der Waals surface area contributed by atoms with Crippen molar-refractivity contribution in [2.75, 3.05) is 13.1 Å². The fourth-order valence-corrected chi connectivity index (χ4v) is 4.60. The van der Waals surface area contributed by atoms with Crippen molar-refractivity contribution in [1.29, 1.82) is 0 Å². The fraction of sp³-hybridized carbons (Fsp3) is 0.440. The third-order valence-electron chi connectivity index (χ3n) is 6.25. The van der Waals surface area contributed by atoms with E-state index in [1.807, 2.05) is 24.3 Å². The van der Waals surface area contributed by atoms with Crippen LogP contribution in [0, 0.1) is 0 Å². The molecule has 2 atom stereocenters. The molecule has 6 nitrogen and oxygen atoms in total. The second-order valence-corrected chi connectivity index (χ2v) is 10.1. The molecule has 1 fully saturated rings. The molecule has 0 spiro atoms. The Morgan fingerprint density at radius 3 is 2.29 bits per heavy atom. The Hall–Kier alpha value is -2.59. The number of ether oxygens (including phenoxy) is 1. The summed E-state index contributed by atoms with van der Waals surface area (Å²) in [6.07, 6.45) is -3.02. The van der Waals surface area contributed by atoms with Crippen molar-refractivity contribution < 1.29 is 27.5 Å². The van der Waals surface area contributed by atoms with Crippen molar-refractivity contribution in [3.05, 3.63) is 64.1 Å². The van der Waals surface area contributed by atoms with Gasteiger partial charge in [0.15, 0.2) is 0 Å². The van der Waals surface area contributed by atoms with E-state index in [4.69, 9.17) is 5.73 Å². The van der Waals surface area contributed by atoms with Gasteiger partial charge in [-0.25, -0.2) is 0 Å². The molecule has 10 heteroatoms. The average molecular weight is 556 g/mol. The lowest BCUT2D eigenvalue weighted by Crippen LogP contribution is -2.61. The van der Waals surface area contributed by atoms with Crippen LogP contribution in [0.2, 0.25) is 0 Å². The molecule has 2 amide bonds. The largest absolute Gasteiger partial charge is 0.573 e. The van der Waals surface area contributed by atoms with E-state index in [1.54, 1.807) is 18.7 Å². The van der Waals surface area contributed by atoms with Crippen molar-refractivity contribution in [1.82, 2.24) is 10.2 Å². The van der Waals surface area contributed by atoms with Crippen LogP contribution in [0.3, 0.4) is 0 Å². The van der Waals surface area contributed by atoms with Gasteiger partial charge in [0.2, 0.25) is 11.8 Å². The smallest absolute Gasteiger partial charge is 0.406 e. The molecule has 0 bridgehead atoms. The highest BCUT2D eigenvalue weighted by molar-refractivity contribution is 9.10. The summed E-state index contributed by atoms with van der Waals surface area (Å²) >= 11 is 3.39. The Balaban J connectivity index is 1.94. The highest BCUT2D eigenvalue weighted by atomic mass is 79.9. The van der Waals surface area contributed by atoms with Crippen LogP contribution in [-0.2, 0) is 21.4 Å². The van der Waals surface area contributed by atoms with Crippen molar-refractivity contribution in [2.45, 2.75) is 57.0 Å². The summed E-state index contributed by atoms with van der Waals surface area (Å²) in [7, 11) is 0. The molecule has 1 aliphatic heterocycles. The number of hydrogen-bond acceptors (Lipinski definition) is 4. The van der Waals surface area contributed by atoms with Crippen molar-refractivity contribution in [3.8, 4) is 5.75 Å². The number of piperidine rings is 1. The van der Waals surface area contributed by atoms with Crippen molar-refractivity contribution in [2.24, 2.45) is 5.73 Å². The third-order valence-corrected chi connectivity index (χ3v) is 6.78. The van der Waals surface area contributed by atoms with Gasteiger partial charge in [0, 0.05) is 23.5 Å². The minimum Gasteiger partial charge on any atom is -0.406 e. The van der Waals surface area contributed by atoms with Gasteiger partial charge in [-0.05, 0) is 68.6 Å². The van der Waals surface area contributed by atoms with Crippen LogP contribution < -0.4 is 15.8 Å². The normalized spacial score (nSPS) is 17.5. The van der Waals surface area contributed by atoms with Gasteiger partial charge in [0.25, 0.3) is 0 Å². The van der Waals surface area contributed by atoms with Crippen LogP contribution in [0.5, 0.6) is 5.75 Å². The lowest BCUT2D eigenvalue weighted by atomic mass is 9.81. The summed E-state index contributed by atoms with van der Waals surface area (Å²) in [5.74, 6) is -1.31. The zero-order chi connectivity index (χ0) is 25.8. The number of primary amides is 1. The van der Waals surface area contributed by atoms with E-state index in [0.717, 1.165) is 23.0 Å². The Morgan fingerprint density at radius 2 is 1.77 bits per heavy atom. The molecule has 0 unspecified atom stereocenters. The number of carbonyl (C=O) groups is 2. The summed E-state index contributed by atoms with van der Waals surface area (Å²) in [6, 6.07) is 11.5. The van der Waals surface area contributed by atoms with E-state index in [9.17, 15) is 22.8 Å². The number of nitrogens with two attached hydrogens (primary N) is 1. The predicted octanol–water partition coefficient (Wildman–Crippen LogP) is 4.30. The zero-order valence-electron chi connectivity index (χ0n) is 19.6. The Labute approximate surface area is 211 Å². The quantitative estimate of drug-likeness (QED) is 0.508. The molecule has 190 valence electrons. The number of alkyl halides is 3. The summed E-state index contributed by atoms with van der Waals surface area (Å²) in [5.41, 5.74) is 6.05. The first-order valence-corrected chi connectivity index (χ1v) is 12.1. The molecule has 1 aliphatic rings. The van der Waals surface area contributed by atoms with Crippen LogP contribution >= 0.6 is 15.9 Å². The first-order valence-electron chi connectivity index (χ1n) is 11.3. The molecular formula is C25H29BrF3N3O3. The van der Waals surface area contributed by atoms with E-state index in [2.05, 4.69) is 26.0 Å². The molecule has 0 aliphatic carbocycles. The van der Waals surface area contributed by atoms with Gasteiger partial charge < -0.3 is 20.7 Å². The maximum absolute atomic E-state index is 14.0. The molecule has 1 heterocycles. The first-order chi connectivity index (χ1) is 16.4. The molecule has 3 N–H and O–H groups in total. The number of nitrogens with one attached hydrogen (secondary N) is 1. The molecule has 0 radical (unpaired) electrons. The molecule has 3 rings (SSSR count). The van der Waals surface area contributed by atoms with E-state index in [-0.39, 0.29) is 24.1 Å². The summed E-state index contributed by atoms with van der Waals surface area (Å²) in [4.78, 5) is 28.3. The Morgan fingerprint density at radius 1 is 1.14 bits per heavy atom. The highest BCUT2D eigenvalue weighted by Crippen LogP contribution is 2.32. The average Bonchev–Trinajstić information content (AvgIpc) is 2.79. The van der Waals surface area contributed by atoms with Gasteiger partial charge in [-0.3, -0.25) is 9.59 Å². The molecule has 1 saturated heterocycles. The van der Waals surface area contributed by atoms with Crippen LogP contribution in [0.25, 0.3) is 0 Å². The minimum absolute atomic E-state index is 0.249. The van der Waals surface area contributed by atoms with E-state index >= 15 is 0 Å². The summed E-state index contributed by atoms with van der Waals surface area (Å²) < 4.78 is 42.5. The van der Waals surface area contributed by atoms with Gasteiger partial charge in [0.1, 0.15) is 11.8 Å². The number of carbonyl (C=O) groups excluding carboxylic acids is 2. The lowest BCUT2D eigenvalue weighted by Gasteiger charge is -2.43. The van der Waals surface area contributed by atoms with Crippen molar-refractivity contribution >= 4 is 27.7 Å². The van der Waals surface area contributed by atoms with Gasteiger partial charge in [0.05, 0.1) is 5.41 Å². The number of rotatable bonds is 8. The number of halogens is 4. The highest BCUT2D eigenvalue weighted by Gasteiger charge is 2.42. The number of amides is 2. The van der Waals surface area contributed by atoms with Gasteiger partial charge in [-0.15, -0.1) is 13.2 Å². The van der Waals surface area contributed by atoms with Gasteiger partial charge in [-0.2, -0.15) is 0 Å². The summed E-state index contributed by atoms with van der Waals surface area (Å²) in [6.45, 7) is 4.71. The molecule has 0 saturated carbocycles. The first kappa shape index (κ1) is 27.0. The Kier molecular flexibility index (Phi) is 8.48. The summed E-state index contributed by atoms with van der Waals surface area (Å²) in [5, 5.41) is 3.28. The van der Waals surface area contributed by atoms with Crippen LogP contribution in [-0.4, -0.2) is 48.2 Å². The van der Waals surface area contributed by atoms with E-state index < -0.39 is 23.7 Å². The third kappa shape index (κ3) is 6.98. The van der Waals surface area contributed by atoms with Crippen LogP contribution in [0.1, 0.15) is 37.8 Å². The lowest BCUT2D eigenvalue weighted by molar-refractivity contribution is -0.274. The van der Waals surface area contributed by atoms with Crippen LogP contribution in [0.15, 0.2) is 53.0 Å². The predicted molar refractivity (Wildman–Crippen MR) is 130 cm³/mol. The SMILES string of the molecule is CC(C)(C(=O)N([C@@H]1CCCNC1)[C@@H](Cc1ccc(Br)cc1)C(N)=O)c1ccc(OC(F)(F)F)cc1. The second-order valence-electron chi connectivity index (χ2n) is 9.16. The molecule has 2 aromatic rings. The van der Waals surface area contributed by atoms with E-state index in [0.29, 0.717) is 18.5 Å². The Bertz CT molecular complexity index is 1020. The van der Waals surface area contributed by atoms with Crippen molar-refractivity contribution in [3.63, 3.8) is 0 Å². The number of nitrogens with zero attached hydrogens (tertiary/aromatic N) is 1. The maximum Gasteiger partial charge on any atom is 0.573 e. The second kappa shape index (κ2) is 11.0. The molecule has 35 heavy (non-hydrogen) atoms. The molecule has 0 aromatic heterocycles. The molecular weight excluding hydrogens is 527 g/mol. The minimum atomic E-state index is -4.81. The number of benzene rings is 2. The monoisotopic (exact) mass is 555 g/mol. The van der Waals surface area contributed by atoms with Gasteiger partial charge in [-0.1, -0.05) is 40.2 Å².